The van der Waals surface area contributed by atoms with Crippen molar-refractivity contribution in [2.45, 2.75) is 19.3 Å². The molecule has 2 aromatic rings. The van der Waals surface area contributed by atoms with Crippen LogP contribution in [0.5, 0.6) is 0 Å². The number of carbonyl (C=O) groups is 1. The van der Waals surface area contributed by atoms with Gasteiger partial charge in [0.1, 0.15) is 17.9 Å². The van der Waals surface area contributed by atoms with Crippen LogP contribution in [0.4, 0.5) is 17.6 Å². The second-order valence-electron chi connectivity index (χ2n) is 5.30. The average Bonchev–Trinajstić information content (AvgIpc) is 2.51. The summed E-state index contributed by atoms with van der Waals surface area (Å²) >= 11 is 5.88. The first-order valence-electron chi connectivity index (χ1n) is 7.04. The van der Waals surface area contributed by atoms with E-state index in [1.807, 2.05) is 0 Å². The molecule has 0 aliphatic carbocycles. The zero-order chi connectivity index (χ0) is 18.8. The molecular weight excluding hydrogens is 364 g/mol. The summed E-state index contributed by atoms with van der Waals surface area (Å²) in [6.45, 7) is -0.788. The summed E-state index contributed by atoms with van der Waals surface area (Å²) in [5, 5.41) is 0.121. The Balaban J connectivity index is 2.19. The van der Waals surface area contributed by atoms with Crippen LogP contribution in [0.2, 0.25) is 5.02 Å². The molecule has 0 bridgehead atoms. The van der Waals surface area contributed by atoms with Crippen LogP contribution in [0.15, 0.2) is 41.3 Å². The third kappa shape index (κ3) is 4.39. The van der Waals surface area contributed by atoms with Gasteiger partial charge in [-0.3, -0.25) is 9.59 Å². The molecule has 0 aliphatic heterocycles. The molecule has 1 amide bonds. The van der Waals surface area contributed by atoms with Crippen molar-refractivity contribution in [2.24, 2.45) is 0 Å². The van der Waals surface area contributed by atoms with Crippen molar-refractivity contribution in [3.63, 3.8) is 0 Å². The lowest BCUT2D eigenvalue weighted by Crippen LogP contribution is -2.35. The summed E-state index contributed by atoms with van der Waals surface area (Å²) in [6, 6.07) is 5.72. The highest BCUT2D eigenvalue weighted by atomic mass is 35.5. The van der Waals surface area contributed by atoms with Crippen LogP contribution in [-0.4, -0.2) is 22.4 Å². The van der Waals surface area contributed by atoms with Crippen LogP contribution in [-0.2, 0) is 24.1 Å². The Morgan fingerprint density at radius 2 is 1.92 bits per heavy atom. The van der Waals surface area contributed by atoms with E-state index in [-0.39, 0.29) is 17.1 Å². The molecule has 0 atom stereocenters. The van der Waals surface area contributed by atoms with Crippen molar-refractivity contribution < 1.29 is 22.4 Å². The molecule has 0 spiro atoms. The monoisotopic (exact) mass is 376 g/mol. The highest BCUT2D eigenvalue weighted by Gasteiger charge is 2.34. The van der Waals surface area contributed by atoms with Crippen molar-refractivity contribution >= 4 is 17.5 Å². The van der Waals surface area contributed by atoms with Gasteiger partial charge < -0.3 is 9.47 Å². The van der Waals surface area contributed by atoms with Crippen molar-refractivity contribution in [1.82, 2.24) is 9.47 Å². The van der Waals surface area contributed by atoms with E-state index >= 15 is 0 Å². The third-order valence-corrected chi connectivity index (χ3v) is 3.87. The zero-order valence-electron chi connectivity index (χ0n) is 13.0. The third-order valence-electron chi connectivity index (χ3n) is 3.51. The van der Waals surface area contributed by atoms with Crippen LogP contribution < -0.4 is 5.56 Å². The first kappa shape index (κ1) is 19.0. The van der Waals surface area contributed by atoms with E-state index in [4.69, 9.17) is 11.6 Å². The number of hydrogen-bond acceptors (Lipinski definition) is 2. The van der Waals surface area contributed by atoms with Crippen LogP contribution in [0.1, 0.15) is 11.1 Å². The minimum Gasteiger partial charge on any atom is -0.340 e. The van der Waals surface area contributed by atoms with Crippen LogP contribution >= 0.6 is 11.6 Å². The Labute approximate surface area is 145 Å². The van der Waals surface area contributed by atoms with Crippen molar-refractivity contribution in [1.29, 1.82) is 0 Å². The maximum Gasteiger partial charge on any atom is 0.421 e. The predicted octanol–water partition coefficient (Wildman–Crippen LogP) is 3.32. The first-order valence-corrected chi connectivity index (χ1v) is 7.42. The number of nitrogens with zero attached hydrogens (tertiary/aromatic N) is 2. The van der Waals surface area contributed by atoms with E-state index in [9.17, 15) is 27.2 Å². The Morgan fingerprint density at radius 3 is 2.52 bits per heavy atom. The fourth-order valence-corrected chi connectivity index (χ4v) is 2.38. The Kier molecular flexibility index (Phi) is 5.52. The van der Waals surface area contributed by atoms with E-state index in [0.29, 0.717) is 10.6 Å². The highest BCUT2D eigenvalue weighted by Crippen LogP contribution is 2.26. The largest absolute Gasteiger partial charge is 0.421 e. The Bertz CT molecular complexity index is 829. The van der Waals surface area contributed by atoms with Crippen molar-refractivity contribution in [3.05, 3.63) is 68.8 Å². The smallest absolute Gasteiger partial charge is 0.340 e. The minimum absolute atomic E-state index is 0.0800. The molecular formula is C16H13ClF4N2O2. The van der Waals surface area contributed by atoms with Gasteiger partial charge >= 0.3 is 6.18 Å². The number of halogens is 5. The number of carbonyl (C=O) groups excluding carboxylic acids is 1. The fraction of sp³-hybridized carbons (Fsp3) is 0.250. The molecule has 0 aliphatic rings. The van der Waals surface area contributed by atoms with E-state index in [2.05, 4.69) is 0 Å². The Morgan fingerprint density at radius 1 is 1.24 bits per heavy atom. The Hall–Kier alpha value is -2.35. The number of alkyl halides is 3. The molecule has 0 N–H and O–H groups in total. The summed E-state index contributed by atoms with van der Waals surface area (Å²) in [4.78, 5) is 25.1. The minimum atomic E-state index is -4.81. The quantitative estimate of drug-likeness (QED) is 0.768. The summed E-state index contributed by atoms with van der Waals surface area (Å²) in [5.74, 6) is -1.27. The number of likely N-dealkylation sites (N-methyl/N-ethyl adjacent to an activating group) is 1. The zero-order valence-corrected chi connectivity index (χ0v) is 13.7. The molecule has 1 heterocycles. The highest BCUT2D eigenvalue weighted by molar-refractivity contribution is 6.31. The summed E-state index contributed by atoms with van der Waals surface area (Å²) < 4.78 is 52.6. The maximum atomic E-state index is 13.7. The lowest BCUT2D eigenvalue weighted by Gasteiger charge is -2.19. The normalized spacial score (nSPS) is 11.4. The van der Waals surface area contributed by atoms with Gasteiger partial charge in [0.05, 0.1) is 0 Å². The molecule has 9 heteroatoms. The molecule has 1 aromatic heterocycles. The predicted molar refractivity (Wildman–Crippen MR) is 83.6 cm³/mol. The lowest BCUT2D eigenvalue weighted by atomic mass is 10.2. The maximum absolute atomic E-state index is 13.7. The molecule has 134 valence electrons. The van der Waals surface area contributed by atoms with Crippen molar-refractivity contribution in [3.8, 4) is 0 Å². The molecule has 0 unspecified atom stereocenters. The average molecular weight is 377 g/mol. The van der Waals surface area contributed by atoms with Gasteiger partial charge in [-0.25, -0.2) is 4.39 Å². The van der Waals surface area contributed by atoms with Gasteiger partial charge in [-0.1, -0.05) is 17.7 Å². The van der Waals surface area contributed by atoms with Gasteiger partial charge in [-0.15, -0.1) is 0 Å². The van der Waals surface area contributed by atoms with Gasteiger partial charge in [-0.05, 0) is 24.3 Å². The number of amides is 1. The molecule has 0 saturated carbocycles. The van der Waals surface area contributed by atoms with E-state index in [0.717, 1.165) is 17.2 Å². The van der Waals surface area contributed by atoms with Gasteiger partial charge in [0, 0.05) is 30.4 Å². The molecule has 4 nitrogen and oxygen atoms in total. The molecule has 0 fully saturated rings. The number of pyridine rings is 1. The summed E-state index contributed by atoms with van der Waals surface area (Å²) in [6.07, 6.45) is -3.73. The number of rotatable bonds is 4. The molecule has 0 radical (unpaired) electrons. The lowest BCUT2D eigenvalue weighted by molar-refractivity contribution is -0.139. The van der Waals surface area contributed by atoms with Crippen LogP contribution in [0, 0.1) is 5.82 Å². The number of hydrogen-bond donors (Lipinski definition) is 0. The van der Waals surface area contributed by atoms with Gasteiger partial charge in [-0.2, -0.15) is 13.2 Å². The van der Waals surface area contributed by atoms with Gasteiger partial charge in [0.15, 0.2) is 0 Å². The molecule has 2 rings (SSSR count). The van der Waals surface area contributed by atoms with Crippen LogP contribution in [0.3, 0.4) is 0 Å². The molecule has 0 saturated heterocycles. The number of benzene rings is 1. The second kappa shape index (κ2) is 7.26. The van der Waals surface area contributed by atoms with Gasteiger partial charge in [0.2, 0.25) is 5.91 Å². The standard InChI is InChI=1S/C16H13ClF4N2O2/c1-22(8-10-12(17)5-2-6-13(10)18)14(24)9-23-7-3-4-11(15(23)25)16(19,20)21/h2-7H,8-9H2,1H3. The van der Waals surface area contributed by atoms with E-state index in [1.54, 1.807) is 0 Å². The van der Waals surface area contributed by atoms with E-state index < -0.39 is 35.6 Å². The molecule has 25 heavy (non-hydrogen) atoms. The fourth-order valence-electron chi connectivity index (χ4n) is 2.15. The topological polar surface area (TPSA) is 42.3 Å². The molecule has 1 aromatic carbocycles. The number of aromatic nitrogens is 1. The van der Waals surface area contributed by atoms with Gasteiger partial charge in [0.25, 0.3) is 5.56 Å². The summed E-state index contributed by atoms with van der Waals surface area (Å²) in [7, 11) is 1.34. The van der Waals surface area contributed by atoms with E-state index in [1.165, 1.54) is 25.2 Å². The summed E-state index contributed by atoms with van der Waals surface area (Å²) in [5.41, 5.74) is -2.60. The van der Waals surface area contributed by atoms with Crippen molar-refractivity contribution in [2.75, 3.05) is 7.05 Å². The first-order chi connectivity index (χ1) is 11.6. The second-order valence-corrected chi connectivity index (χ2v) is 5.71. The van der Waals surface area contributed by atoms with Crippen LogP contribution in [0.25, 0.3) is 0 Å². The SMILES string of the molecule is CN(Cc1c(F)cccc1Cl)C(=O)Cn1cccc(C(F)(F)F)c1=O.